The van der Waals surface area contributed by atoms with Gasteiger partial charge in [-0.1, -0.05) is 107 Å². The molecule has 1 amide bonds. The molecule has 1 aliphatic rings. The highest BCUT2D eigenvalue weighted by atomic mass is 32.2. The van der Waals surface area contributed by atoms with Crippen molar-refractivity contribution in [1.29, 1.82) is 0 Å². The predicted molar refractivity (Wildman–Crippen MR) is 166 cm³/mol. The molecule has 6 nitrogen and oxygen atoms in total. The Morgan fingerprint density at radius 3 is 2.13 bits per heavy atom. The molecular formula is C30H39N3O3S2Si. The summed E-state index contributed by atoms with van der Waals surface area (Å²) >= 11 is 2.85. The molecule has 39 heavy (non-hydrogen) atoms. The van der Waals surface area contributed by atoms with E-state index in [1.54, 1.807) is 6.92 Å². The fourth-order valence-electron chi connectivity index (χ4n) is 5.04. The summed E-state index contributed by atoms with van der Waals surface area (Å²) in [5.41, 5.74) is 0.425. The van der Waals surface area contributed by atoms with Gasteiger partial charge in [-0.15, -0.1) is 11.3 Å². The SMILES string of the molecule is CC(=O)SC1CN(c2nc(C(=O)N[C@H](CO[Si](c3ccccc3)(c3ccccc3)C(C)(C)C)C(C)C)cs2)C1. The van der Waals surface area contributed by atoms with Gasteiger partial charge < -0.3 is 14.6 Å². The molecule has 1 aromatic heterocycles. The van der Waals surface area contributed by atoms with Crippen LogP contribution in [0.5, 0.6) is 0 Å². The number of rotatable bonds is 10. The van der Waals surface area contributed by atoms with Crippen molar-refractivity contribution in [2.75, 3.05) is 24.6 Å². The molecule has 2 aromatic carbocycles. The van der Waals surface area contributed by atoms with Gasteiger partial charge in [-0.25, -0.2) is 4.98 Å². The van der Waals surface area contributed by atoms with Gasteiger partial charge in [0.05, 0.1) is 12.6 Å². The third kappa shape index (κ3) is 6.65. The first-order valence-electron chi connectivity index (χ1n) is 13.4. The highest BCUT2D eigenvalue weighted by Crippen LogP contribution is 2.37. The summed E-state index contributed by atoms with van der Waals surface area (Å²) in [4.78, 5) is 31.4. The lowest BCUT2D eigenvalue weighted by Crippen LogP contribution is -2.67. The number of benzene rings is 2. The highest BCUT2D eigenvalue weighted by Gasteiger charge is 2.50. The largest absolute Gasteiger partial charge is 0.405 e. The van der Waals surface area contributed by atoms with Crippen molar-refractivity contribution < 1.29 is 14.0 Å². The summed E-state index contributed by atoms with van der Waals surface area (Å²) in [5, 5.41) is 8.60. The van der Waals surface area contributed by atoms with E-state index >= 15 is 0 Å². The van der Waals surface area contributed by atoms with Gasteiger partial charge in [0.15, 0.2) is 10.2 Å². The van der Waals surface area contributed by atoms with Crippen molar-refractivity contribution in [3.63, 3.8) is 0 Å². The van der Waals surface area contributed by atoms with E-state index in [-0.39, 0.29) is 28.0 Å². The summed E-state index contributed by atoms with van der Waals surface area (Å²) in [6, 6.07) is 20.9. The molecule has 1 aliphatic heterocycles. The molecule has 0 radical (unpaired) electrons. The van der Waals surface area contributed by atoms with Crippen LogP contribution in [0.15, 0.2) is 66.0 Å². The van der Waals surface area contributed by atoms with Crippen molar-refractivity contribution in [2.24, 2.45) is 5.92 Å². The molecule has 0 unspecified atom stereocenters. The fraction of sp³-hybridized carbons (Fsp3) is 0.433. The van der Waals surface area contributed by atoms with E-state index in [2.05, 4.69) is 98.4 Å². The van der Waals surface area contributed by atoms with Gasteiger partial charge in [-0.2, -0.15) is 0 Å². The Bertz CT molecular complexity index is 1220. The first-order valence-corrected chi connectivity index (χ1v) is 17.1. The van der Waals surface area contributed by atoms with Gasteiger partial charge >= 0.3 is 0 Å². The van der Waals surface area contributed by atoms with E-state index in [4.69, 9.17) is 4.43 Å². The number of carbonyl (C=O) groups excluding carboxylic acids is 2. The topological polar surface area (TPSA) is 71.5 Å². The average molecular weight is 582 g/mol. The molecule has 0 bridgehead atoms. The fourth-order valence-corrected chi connectivity index (χ4v) is 11.4. The van der Waals surface area contributed by atoms with Crippen LogP contribution >= 0.6 is 23.1 Å². The van der Waals surface area contributed by atoms with E-state index in [1.165, 1.54) is 33.5 Å². The first-order chi connectivity index (χ1) is 18.5. The van der Waals surface area contributed by atoms with E-state index in [0.29, 0.717) is 17.6 Å². The van der Waals surface area contributed by atoms with E-state index < -0.39 is 8.32 Å². The number of thiazole rings is 1. The van der Waals surface area contributed by atoms with Crippen LogP contribution in [0.1, 0.15) is 52.0 Å². The van der Waals surface area contributed by atoms with Gasteiger partial charge in [-0.05, 0) is 21.3 Å². The Kier molecular flexibility index (Phi) is 9.36. The maximum Gasteiger partial charge on any atom is 0.271 e. The Morgan fingerprint density at radius 2 is 1.64 bits per heavy atom. The number of nitrogens with zero attached hydrogens (tertiary/aromatic N) is 2. The predicted octanol–water partition coefficient (Wildman–Crippen LogP) is 4.94. The molecule has 1 saturated heterocycles. The number of aromatic nitrogens is 1. The zero-order chi connectivity index (χ0) is 28.2. The summed E-state index contributed by atoms with van der Waals surface area (Å²) in [5.74, 6) is -0.0116. The quantitative estimate of drug-likeness (QED) is 0.342. The zero-order valence-corrected chi connectivity index (χ0v) is 26.3. The van der Waals surface area contributed by atoms with E-state index in [1.807, 2.05) is 17.5 Å². The Labute approximate surface area is 241 Å². The highest BCUT2D eigenvalue weighted by molar-refractivity contribution is 8.14. The van der Waals surface area contributed by atoms with E-state index in [0.717, 1.165) is 18.2 Å². The number of carbonyl (C=O) groups is 2. The van der Waals surface area contributed by atoms with Crippen molar-refractivity contribution in [3.05, 3.63) is 71.7 Å². The summed E-state index contributed by atoms with van der Waals surface area (Å²) in [7, 11) is -2.71. The summed E-state index contributed by atoms with van der Waals surface area (Å²) < 4.78 is 7.11. The van der Waals surface area contributed by atoms with Crippen LogP contribution in [0.3, 0.4) is 0 Å². The number of hydrogen-bond acceptors (Lipinski definition) is 7. The molecule has 208 valence electrons. The number of anilines is 1. The summed E-state index contributed by atoms with van der Waals surface area (Å²) in [6.07, 6.45) is 0. The Balaban J connectivity index is 1.51. The van der Waals surface area contributed by atoms with Crippen LogP contribution in [0.2, 0.25) is 5.04 Å². The number of hydrogen-bond donors (Lipinski definition) is 1. The molecular weight excluding hydrogens is 543 g/mol. The van der Waals surface area contributed by atoms with Crippen molar-refractivity contribution >= 4 is 57.9 Å². The van der Waals surface area contributed by atoms with Crippen LogP contribution in [0.25, 0.3) is 0 Å². The van der Waals surface area contributed by atoms with Gasteiger partial charge in [-0.3, -0.25) is 9.59 Å². The molecule has 0 aliphatic carbocycles. The molecule has 9 heteroatoms. The van der Waals surface area contributed by atoms with E-state index in [9.17, 15) is 9.59 Å². The monoisotopic (exact) mass is 581 g/mol. The lowest BCUT2D eigenvalue weighted by atomic mass is 10.1. The van der Waals surface area contributed by atoms with Gasteiger partial charge in [0.1, 0.15) is 5.69 Å². The van der Waals surface area contributed by atoms with Gasteiger partial charge in [0, 0.05) is 30.6 Å². The van der Waals surface area contributed by atoms with Gasteiger partial charge in [0.25, 0.3) is 14.2 Å². The van der Waals surface area contributed by atoms with Crippen LogP contribution in [-0.4, -0.2) is 55.3 Å². The average Bonchev–Trinajstić information content (AvgIpc) is 3.35. The standard InChI is InChI=1S/C30H39N3O3S2Si/c1-21(2)26(31-28(35)27-20-37-29(32-27)33-17-23(18-33)38-22(3)34)19-36-39(30(4,5)6,24-13-9-7-10-14-24)25-15-11-8-12-16-25/h7-16,20-21,23,26H,17-19H2,1-6H3,(H,31,35)/t26-/m1/s1. The minimum absolute atomic E-state index is 0.138. The van der Waals surface area contributed by atoms with Crippen LogP contribution < -0.4 is 20.6 Å². The molecule has 3 aromatic rings. The van der Waals surface area contributed by atoms with Crippen molar-refractivity contribution in [1.82, 2.24) is 10.3 Å². The van der Waals surface area contributed by atoms with Crippen LogP contribution in [0, 0.1) is 5.92 Å². The minimum Gasteiger partial charge on any atom is -0.405 e. The maximum absolute atomic E-state index is 13.3. The second-order valence-corrected chi connectivity index (χ2v) is 18.1. The molecule has 1 N–H and O–H groups in total. The third-order valence-corrected chi connectivity index (χ3v) is 14.1. The summed E-state index contributed by atoms with van der Waals surface area (Å²) in [6.45, 7) is 14.6. The molecule has 1 fully saturated rings. The van der Waals surface area contributed by atoms with Crippen molar-refractivity contribution in [3.8, 4) is 0 Å². The van der Waals surface area contributed by atoms with Gasteiger partial charge in [0.2, 0.25) is 0 Å². The molecule has 0 saturated carbocycles. The normalized spacial score (nSPS) is 15.2. The van der Waals surface area contributed by atoms with Crippen LogP contribution in [0.4, 0.5) is 5.13 Å². The number of thioether (sulfide) groups is 1. The van der Waals surface area contributed by atoms with Crippen LogP contribution in [-0.2, 0) is 9.22 Å². The third-order valence-electron chi connectivity index (χ3n) is 7.19. The zero-order valence-electron chi connectivity index (χ0n) is 23.6. The number of nitrogens with one attached hydrogen (secondary N) is 1. The number of amides is 1. The second kappa shape index (κ2) is 12.4. The minimum atomic E-state index is -2.71. The molecule has 1 atom stereocenters. The lowest BCUT2D eigenvalue weighted by Gasteiger charge is -2.44. The Morgan fingerprint density at radius 1 is 1.08 bits per heavy atom. The first kappa shape index (κ1) is 29.5. The molecule has 2 heterocycles. The second-order valence-electron chi connectivity index (χ2n) is 11.4. The maximum atomic E-state index is 13.3. The molecule has 0 spiro atoms. The smallest absolute Gasteiger partial charge is 0.271 e. The van der Waals surface area contributed by atoms with Crippen molar-refractivity contribution in [2.45, 2.75) is 57.9 Å². The molecule has 4 rings (SSSR count). The Hall–Kier alpha value is -2.46. The lowest BCUT2D eigenvalue weighted by molar-refractivity contribution is -0.109.